The molecule has 0 radical (unpaired) electrons. The Morgan fingerprint density at radius 2 is 1.93 bits per heavy atom. The maximum Gasteiger partial charge on any atom is 0.287 e. The summed E-state index contributed by atoms with van der Waals surface area (Å²) < 4.78 is 30.3. The molecule has 0 saturated carbocycles. The molecule has 2 N–H and O–H groups in total. The standard InChI is InChI=1S/C20H26N2O4S/c1-16-5-4-6-17(13-16)14-27(24,25)15-18-7-8-19(26-18)20(23)21-9-12-22-10-2-3-11-22/h4-8,13H,2-3,9-12,14-15H2,1H3,(H,21,23)/p+1. The van der Waals surface area contributed by atoms with Gasteiger partial charge in [0.25, 0.3) is 5.91 Å². The molecule has 2 heterocycles. The van der Waals surface area contributed by atoms with Gasteiger partial charge in [-0.05, 0) is 24.6 Å². The molecule has 0 aliphatic carbocycles. The summed E-state index contributed by atoms with van der Waals surface area (Å²) in [5, 5.41) is 2.85. The van der Waals surface area contributed by atoms with Crippen LogP contribution in [0.5, 0.6) is 0 Å². The molecular formula is C20H27N2O4S+. The molecule has 3 rings (SSSR count). The molecule has 0 bridgehead atoms. The average molecular weight is 392 g/mol. The lowest BCUT2D eigenvalue weighted by Crippen LogP contribution is -3.10. The lowest BCUT2D eigenvalue weighted by Gasteiger charge is -2.11. The first-order valence-corrected chi connectivity index (χ1v) is 11.2. The van der Waals surface area contributed by atoms with Crippen molar-refractivity contribution in [2.45, 2.75) is 31.3 Å². The molecule has 1 aliphatic rings. The topological polar surface area (TPSA) is 80.8 Å². The van der Waals surface area contributed by atoms with E-state index in [-0.39, 0.29) is 28.9 Å². The lowest BCUT2D eigenvalue weighted by atomic mass is 10.2. The van der Waals surface area contributed by atoms with Crippen LogP contribution in [0.2, 0.25) is 0 Å². The molecular weight excluding hydrogens is 364 g/mol. The highest BCUT2D eigenvalue weighted by Gasteiger charge is 2.19. The fourth-order valence-corrected chi connectivity index (χ4v) is 4.84. The highest BCUT2D eigenvalue weighted by molar-refractivity contribution is 7.89. The van der Waals surface area contributed by atoms with E-state index in [1.54, 1.807) is 12.1 Å². The van der Waals surface area contributed by atoms with E-state index >= 15 is 0 Å². The largest absolute Gasteiger partial charge is 0.455 e. The van der Waals surface area contributed by atoms with E-state index < -0.39 is 9.84 Å². The zero-order valence-electron chi connectivity index (χ0n) is 15.7. The molecule has 1 aliphatic heterocycles. The van der Waals surface area contributed by atoms with Crippen LogP contribution in [0.3, 0.4) is 0 Å². The number of carbonyl (C=O) groups is 1. The Kier molecular flexibility index (Phi) is 6.34. The highest BCUT2D eigenvalue weighted by Crippen LogP contribution is 2.16. The number of furan rings is 1. The minimum absolute atomic E-state index is 0.0461. The normalized spacial score (nSPS) is 15.1. The van der Waals surface area contributed by atoms with Crippen LogP contribution in [0.25, 0.3) is 0 Å². The molecule has 7 heteroatoms. The van der Waals surface area contributed by atoms with E-state index in [1.165, 1.54) is 36.9 Å². The summed E-state index contributed by atoms with van der Waals surface area (Å²) in [6.45, 7) is 5.76. The molecule has 1 saturated heterocycles. The van der Waals surface area contributed by atoms with Gasteiger partial charge in [0.2, 0.25) is 0 Å². The van der Waals surface area contributed by atoms with E-state index in [0.29, 0.717) is 6.54 Å². The van der Waals surface area contributed by atoms with Crippen molar-refractivity contribution in [3.63, 3.8) is 0 Å². The number of aryl methyl sites for hydroxylation is 1. The second kappa shape index (κ2) is 8.71. The van der Waals surface area contributed by atoms with E-state index in [9.17, 15) is 13.2 Å². The lowest BCUT2D eigenvalue weighted by molar-refractivity contribution is -0.886. The van der Waals surface area contributed by atoms with Gasteiger partial charge in [-0.2, -0.15) is 0 Å². The smallest absolute Gasteiger partial charge is 0.287 e. The summed E-state index contributed by atoms with van der Waals surface area (Å²) in [7, 11) is -3.37. The van der Waals surface area contributed by atoms with Crippen LogP contribution in [0.4, 0.5) is 0 Å². The van der Waals surface area contributed by atoms with Crippen molar-refractivity contribution >= 4 is 15.7 Å². The van der Waals surface area contributed by atoms with E-state index in [4.69, 9.17) is 4.42 Å². The molecule has 0 unspecified atom stereocenters. The second-order valence-corrected chi connectivity index (χ2v) is 9.31. The van der Waals surface area contributed by atoms with Crippen LogP contribution in [0.1, 0.15) is 40.3 Å². The van der Waals surface area contributed by atoms with Gasteiger partial charge in [-0.15, -0.1) is 0 Å². The monoisotopic (exact) mass is 391 g/mol. The molecule has 1 amide bonds. The van der Waals surface area contributed by atoms with Crippen LogP contribution in [0.15, 0.2) is 40.8 Å². The summed E-state index contributed by atoms with van der Waals surface area (Å²) in [6, 6.07) is 10.5. The molecule has 27 heavy (non-hydrogen) atoms. The molecule has 146 valence electrons. The number of hydrogen-bond acceptors (Lipinski definition) is 4. The predicted octanol–water partition coefficient (Wildman–Crippen LogP) is 1.11. The number of quaternary nitrogens is 1. The Bertz CT molecular complexity index is 883. The quantitative estimate of drug-likeness (QED) is 0.706. The number of hydrogen-bond donors (Lipinski definition) is 2. The third-order valence-corrected chi connectivity index (χ3v) is 6.29. The Morgan fingerprint density at radius 3 is 2.67 bits per heavy atom. The van der Waals surface area contributed by atoms with Gasteiger partial charge in [0.15, 0.2) is 15.6 Å². The Balaban J connectivity index is 1.52. The van der Waals surface area contributed by atoms with Gasteiger partial charge < -0.3 is 14.6 Å². The van der Waals surface area contributed by atoms with Crippen LogP contribution >= 0.6 is 0 Å². The molecule has 1 aromatic heterocycles. The number of amides is 1. The number of likely N-dealkylation sites (tertiary alicyclic amines) is 1. The second-order valence-electron chi connectivity index (χ2n) is 7.25. The van der Waals surface area contributed by atoms with Crippen LogP contribution in [0, 0.1) is 6.92 Å². The van der Waals surface area contributed by atoms with E-state index in [0.717, 1.165) is 17.7 Å². The van der Waals surface area contributed by atoms with Crippen molar-refractivity contribution in [1.82, 2.24) is 5.32 Å². The third-order valence-electron chi connectivity index (χ3n) is 4.79. The van der Waals surface area contributed by atoms with E-state index in [2.05, 4.69) is 5.32 Å². The van der Waals surface area contributed by atoms with Gasteiger partial charge >= 0.3 is 0 Å². The SMILES string of the molecule is Cc1cccc(CS(=O)(=O)Cc2ccc(C(=O)NCC[NH+]3CCCC3)o2)c1. The zero-order chi connectivity index (χ0) is 19.3. The predicted molar refractivity (Wildman–Crippen MR) is 103 cm³/mol. The summed E-state index contributed by atoms with van der Waals surface area (Å²) >= 11 is 0. The minimum atomic E-state index is -3.37. The number of rotatable bonds is 8. The average Bonchev–Trinajstić information content (AvgIpc) is 3.26. The minimum Gasteiger partial charge on any atom is -0.455 e. The van der Waals surface area contributed by atoms with E-state index in [1.807, 2.05) is 25.1 Å². The van der Waals surface area contributed by atoms with Crippen molar-refractivity contribution in [1.29, 1.82) is 0 Å². The summed E-state index contributed by atoms with van der Waals surface area (Å²) in [6.07, 6.45) is 2.50. The third kappa shape index (κ3) is 5.94. The maximum atomic E-state index is 12.4. The number of nitrogens with one attached hydrogen (secondary N) is 2. The molecule has 6 nitrogen and oxygen atoms in total. The number of carbonyl (C=O) groups excluding carboxylic acids is 1. The maximum absolute atomic E-state index is 12.4. The molecule has 2 aromatic rings. The van der Waals surface area contributed by atoms with Crippen LogP contribution < -0.4 is 10.2 Å². The Labute approximate surface area is 160 Å². The highest BCUT2D eigenvalue weighted by atomic mass is 32.2. The number of sulfone groups is 1. The van der Waals surface area contributed by atoms with Crippen molar-refractivity contribution in [3.05, 3.63) is 59.0 Å². The first kappa shape index (κ1) is 19.6. The molecule has 1 fully saturated rings. The van der Waals surface area contributed by atoms with Crippen LogP contribution in [-0.4, -0.2) is 40.5 Å². The fraction of sp³-hybridized carbons (Fsp3) is 0.450. The Morgan fingerprint density at radius 1 is 1.15 bits per heavy atom. The fourth-order valence-electron chi connectivity index (χ4n) is 3.47. The molecule has 0 atom stereocenters. The van der Waals surface area contributed by atoms with Crippen molar-refractivity contribution in [2.75, 3.05) is 26.2 Å². The summed E-state index contributed by atoms with van der Waals surface area (Å²) in [5.74, 6) is -0.108. The number of benzene rings is 1. The molecule has 0 spiro atoms. The first-order valence-electron chi connectivity index (χ1n) is 9.38. The van der Waals surface area contributed by atoms with Crippen molar-refractivity contribution in [3.8, 4) is 0 Å². The molecule has 1 aromatic carbocycles. The van der Waals surface area contributed by atoms with Crippen molar-refractivity contribution < 1.29 is 22.5 Å². The van der Waals surface area contributed by atoms with Gasteiger partial charge in [-0.25, -0.2) is 8.42 Å². The van der Waals surface area contributed by atoms with Gasteiger partial charge in [0.05, 0.1) is 31.9 Å². The van der Waals surface area contributed by atoms with Gasteiger partial charge in [0.1, 0.15) is 11.5 Å². The van der Waals surface area contributed by atoms with Gasteiger partial charge in [-0.3, -0.25) is 4.79 Å². The zero-order valence-corrected chi connectivity index (χ0v) is 16.5. The summed E-state index contributed by atoms with van der Waals surface area (Å²) in [5.41, 5.74) is 1.78. The van der Waals surface area contributed by atoms with Gasteiger partial charge in [0, 0.05) is 12.8 Å². The van der Waals surface area contributed by atoms with Crippen LogP contribution in [-0.2, 0) is 21.3 Å². The Hall–Kier alpha value is -2.12. The van der Waals surface area contributed by atoms with Gasteiger partial charge in [-0.1, -0.05) is 29.8 Å². The first-order chi connectivity index (χ1) is 12.9. The summed E-state index contributed by atoms with van der Waals surface area (Å²) in [4.78, 5) is 13.7. The van der Waals surface area contributed by atoms with Crippen molar-refractivity contribution in [2.24, 2.45) is 0 Å².